The van der Waals surface area contributed by atoms with Crippen molar-refractivity contribution >= 4 is 28.6 Å². The summed E-state index contributed by atoms with van der Waals surface area (Å²) >= 11 is 1.33. The minimum absolute atomic E-state index is 0.305. The number of nitrogens with zero attached hydrogens (tertiary/aromatic N) is 1. The van der Waals surface area contributed by atoms with Crippen LogP contribution in [-0.4, -0.2) is 22.4 Å². The number of aromatic nitrogens is 1. The van der Waals surface area contributed by atoms with E-state index >= 15 is 0 Å². The standard InChI is InChI=1S/C9H4F6INO3/c10-8(11,12)3-1-5(16)17-4(2-6(18)19)7(3)20-9(13,14)15/h1H,2H2,(H,18,19). The van der Waals surface area contributed by atoms with Gasteiger partial charge in [0.25, 0.3) is 0 Å². The van der Waals surface area contributed by atoms with Crippen molar-refractivity contribution in [2.24, 2.45) is 0 Å². The van der Waals surface area contributed by atoms with E-state index in [-0.39, 0.29) is 3.70 Å². The van der Waals surface area contributed by atoms with Gasteiger partial charge >= 0.3 is 18.5 Å². The molecule has 20 heavy (non-hydrogen) atoms. The molecule has 0 saturated heterocycles. The number of carboxylic acids is 1. The lowest BCUT2D eigenvalue weighted by Gasteiger charge is -2.18. The smallest absolute Gasteiger partial charge is 0.481 e. The first-order chi connectivity index (χ1) is 8.90. The van der Waals surface area contributed by atoms with Crippen molar-refractivity contribution in [1.29, 1.82) is 0 Å². The summed E-state index contributed by atoms with van der Waals surface area (Å²) in [5, 5.41) is 8.51. The van der Waals surface area contributed by atoms with Crippen molar-refractivity contribution in [3.8, 4) is 5.75 Å². The summed E-state index contributed by atoms with van der Waals surface area (Å²) in [5.41, 5.74) is -2.68. The summed E-state index contributed by atoms with van der Waals surface area (Å²) in [6, 6.07) is 0.340. The lowest BCUT2D eigenvalue weighted by molar-refractivity contribution is -0.276. The van der Waals surface area contributed by atoms with E-state index < -0.39 is 41.9 Å². The van der Waals surface area contributed by atoms with E-state index in [1.54, 1.807) is 0 Å². The van der Waals surface area contributed by atoms with E-state index in [1.807, 2.05) is 0 Å². The normalized spacial score (nSPS) is 12.3. The van der Waals surface area contributed by atoms with Crippen LogP contribution in [0.1, 0.15) is 11.3 Å². The fourth-order valence-corrected chi connectivity index (χ4v) is 1.86. The molecule has 1 aromatic rings. The predicted octanol–water partition coefficient (Wildman–Crippen LogP) is 3.23. The number of hydrogen-bond donors (Lipinski definition) is 1. The molecule has 11 heteroatoms. The summed E-state index contributed by atoms with van der Waals surface area (Å²) in [6.07, 6.45) is -11.7. The molecule has 1 rings (SSSR count). The number of alkyl halides is 6. The molecule has 0 bridgehead atoms. The van der Waals surface area contributed by atoms with Crippen molar-refractivity contribution in [3.63, 3.8) is 0 Å². The number of carbonyl (C=O) groups is 1. The number of ether oxygens (including phenoxy) is 1. The van der Waals surface area contributed by atoms with Gasteiger partial charge in [-0.25, -0.2) is 4.98 Å². The lowest BCUT2D eigenvalue weighted by atomic mass is 10.1. The molecule has 0 aromatic carbocycles. The Morgan fingerprint density at radius 1 is 1.30 bits per heavy atom. The summed E-state index contributed by atoms with van der Waals surface area (Å²) < 4.78 is 77.6. The highest BCUT2D eigenvalue weighted by Crippen LogP contribution is 2.40. The first-order valence-electron chi connectivity index (χ1n) is 4.64. The summed E-state index contributed by atoms with van der Waals surface area (Å²) in [4.78, 5) is 13.9. The predicted molar refractivity (Wildman–Crippen MR) is 60.0 cm³/mol. The molecule has 0 unspecified atom stereocenters. The average Bonchev–Trinajstić information content (AvgIpc) is 2.17. The molecule has 1 N–H and O–H groups in total. The minimum Gasteiger partial charge on any atom is -0.481 e. The van der Waals surface area contributed by atoms with E-state index in [1.165, 1.54) is 22.6 Å². The van der Waals surface area contributed by atoms with Crippen molar-refractivity contribution < 1.29 is 41.0 Å². The van der Waals surface area contributed by atoms with Crippen molar-refractivity contribution in [2.75, 3.05) is 0 Å². The molecule has 0 amide bonds. The van der Waals surface area contributed by atoms with Gasteiger partial charge in [-0.3, -0.25) is 4.79 Å². The SMILES string of the molecule is O=C(O)Cc1nc(I)cc(C(F)(F)F)c1OC(F)(F)F. The highest BCUT2D eigenvalue weighted by atomic mass is 127. The largest absolute Gasteiger partial charge is 0.573 e. The van der Waals surface area contributed by atoms with Crippen LogP contribution in [0.4, 0.5) is 26.3 Å². The van der Waals surface area contributed by atoms with Crippen LogP contribution in [-0.2, 0) is 17.4 Å². The van der Waals surface area contributed by atoms with Crippen LogP contribution in [0.15, 0.2) is 6.07 Å². The van der Waals surface area contributed by atoms with Crippen LogP contribution in [0, 0.1) is 3.70 Å². The highest BCUT2D eigenvalue weighted by Gasteiger charge is 2.41. The Morgan fingerprint density at radius 3 is 2.25 bits per heavy atom. The van der Waals surface area contributed by atoms with Gasteiger partial charge in [-0.05, 0) is 28.7 Å². The Hall–Kier alpha value is -1.27. The third-order valence-electron chi connectivity index (χ3n) is 1.85. The second kappa shape index (κ2) is 5.61. The molecule has 1 aromatic heterocycles. The van der Waals surface area contributed by atoms with Gasteiger partial charge in [-0.15, -0.1) is 13.2 Å². The molecule has 0 atom stereocenters. The third-order valence-corrected chi connectivity index (χ3v) is 2.41. The Labute approximate surface area is 120 Å². The molecule has 0 spiro atoms. The number of aliphatic carboxylic acids is 1. The van der Waals surface area contributed by atoms with Crippen LogP contribution in [0.2, 0.25) is 0 Å². The van der Waals surface area contributed by atoms with Crippen molar-refractivity contribution in [1.82, 2.24) is 4.98 Å². The van der Waals surface area contributed by atoms with E-state index in [0.29, 0.717) is 6.07 Å². The summed E-state index contributed by atoms with van der Waals surface area (Å²) in [5.74, 6) is -3.28. The number of carboxylic acid groups (broad SMARTS) is 1. The first-order valence-corrected chi connectivity index (χ1v) is 5.72. The van der Waals surface area contributed by atoms with E-state index in [4.69, 9.17) is 5.11 Å². The molecule has 0 aliphatic carbocycles. The zero-order valence-electron chi connectivity index (χ0n) is 9.14. The van der Waals surface area contributed by atoms with Crippen LogP contribution >= 0.6 is 22.6 Å². The van der Waals surface area contributed by atoms with Gasteiger partial charge in [0.15, 0.2) is 5.75 Å². The molecule has 0 radical (unpaired) electrons. The maximum absolute atomic E-state index is 12.7. The third kappa shape index (κ3) is 4.68. The quantitative estimate of drug-likeness (QED) is 0.468. The number of hydrogen-bond acceptors (Lipinski definition) is 3. The van der Waals surface area contributed by atoms with E-state index in [9.17, 15) is 31.1 Å². The topological polar surface area (TPSA) is 59.4 Å². The monoisotopic (exact) mass is 415 g/mol. The van der Waals surface area contributed by atoms with Gasteiger partial charge in [0.05, 0.1) is 12.1 Å². The molecule has 1 heterocycles. The Morgan fingerprint density at radius 2 is 1.85 bits per heavy atom. The summed E-state index contributed by atoms with van der Waals surface area (Å²) in [7, 11) is 0. The maximum atomic E-state index is 12.7. The molecular formula is C9H4F6INO3. The number of rotatable bonds is 3. The number of halogens is 7. The molecule has 0 aliphatic rings. The second-order valence-electron chi connectivity index (χ2n) is 3.38. The lowest BCUT2D eigenvalue weighted by Crippen LogP contribution is -2.23. The number of pyridine rings is 1. The van der Waals surface area contributed by atoms with Crippen LogP contribution in [0.25, 0.3) is 0 Å². The van der Waals surface area contributed by atoms with Gasteiger partial charge in [0.1, 0.15) is 9.26 Å². The molecular weight excluding hydrogens is 411 g/mol. The second-order valence-corrected chi connectivity index (χ2v) is 4.49. The Kier molecular flexibility index (Phi) is 4.71. The maximum Gasteiger partial charge on any atom is 0.573 e. The average molecular weight is 415 g/mol. The highest BCUT2D eigenvalue weighted by molar-refractivity contribution is 14.1. The first kappa shape index (κ1) is 16.8. The van der Waals surface area contributed by atoms with Gasteiger partial charge < -0.3 is 9.84 Å². The van der Waals surface area contributed by atoms with Crippen LogP contribution in [0.5, 0.6) is 5.75 Å². The molecule has 112 valence electrons. The van der Waals surface area contributed by atoms with Crippen LogP contribution < -0.4 is 4.74 Å². The minimum atomic E-state index is -5.40. The van der Waals surface area contributed by atoms with Crippen LogP contribution in [0.3, 0.4) is 0 Å². The zero-order chi connectivity index (χ0) is 15.7. The van der Waals surface area contributed by atoms with E-state index in [2.05, 4.69) is 9.72 Å². The van der Waals surface area contributed by atoms with Crippen molar-refractivity contribution in [2.45, 2.75) is 19.0 Å². The van der Waals surface area contributed by atoms with Gasteiger partial charge in [0.2, 0.25) is 0 Å². The van der Waals surface area contributed by atoms with Gasteiger partial charge in [-0.2, -0.15) is 13.2 Å². The van der Waals surface area contributed by atoms with E-state index in [0.717, 1.165) is 0 Å². The molecule has 0 saturated carbocycles. The van der Waals surface area contributed by atoms with Gasteiger partial charge in [-0.1, -0.05) is 0 Å². The molecule has 4 nitrogen and oxygen atoms in total. The van der Waals surface area contributed by atoms with Crippen molar-refractivity contribution in [3.05, 3.63) is 21.0 Å². The Balaban J connectivity index is 3.49. The molecule has 0 aliphatic heterocycles. The van der Waals surface area contributed by atoms with Gasteiger partial charge in [0, 0.05) is 0 Å². The molecule has 0 fully saturated rings. The Bertz CT molecular complexity index is 528. The summed E-state index contributed by atoms with van der Waals surface area (Å²) in [6.45, 7) is 0. The zero-order valence-corrected chi connectivity index (χ0v) is 11.3. The fraction of sp³-hybridized carbons (Fsp3) is 0.333. The fourth-order valence-electron chi connectivity index (χ4n) is 1.26.